The first-order valence-corrected chi connectivity index (χ1v) is 7.79. The molecule has 114 valence electrons. The molecule has 1 aromatic rings. The van der Waals surface area contributed by atoms with Gasteiger partial charge in [0.1, 0.15) is 6.10 Å². The monoisotopic (exact) mass is 309 g/mol. The summed E-state index contributed by atoms with van der Waals surface area (Å²) < 4.78 is 5.61. The van der Waals surface area contributed by atoms with Gasteiger partial charge < -0.3 is 14.7 Å². The van der Waals surface area contributed by atoms with Crippen LogP contribution in [0, 0.1) is 5.92 Å². The van der Waals surface area contributed by atoms with E-state index in [1.807, 2.05) is 29.2 Å². The molecule has 0 radical (unpaired) electrons. The van der Waals surface area contributed by atoms with Crippen LogP contribution in [-0.2, 0) is 9.53 Å². The fourth-order valence-corrected chi connectivity index (χ4v) is 3.16. The average Bonchev–Trinajstić information content (AvgIpc) is 3.30. The van der Waals surface area contributed by atoms with Crippen LogP contribution in [0.5, 0.6) is 0 Å². The van der Waals surface area contributed by atoms with Crippen LogP contribution in [0.1, 0.15) is 31.4 Å². The third-order valence-corrected chi connectivity index (χ3v) is 4.66. The van der Waals surface area contributed by atoms with Crippen LogP contribution in [-0.4, -0.2) is 41.3 Å². The molecule has 1 saturated heterocycles. The number of rotatable bonds is 4. The second-order valence-electron chi connectivity index (χ2n) is 5.88. The number of hydrogen-bond acceptors (Lipinski definition) is 3. The molecule has 2 aliphatic rings. The van der Waals surface area contributed by atoms with Gasteiger partial charge in [-0.1, -0.05) is 23.7 Å². The van der Waals surface area contributed by atoms with Crippen LogP contribution in [0.2, 0.25) is 5.02 Å². The number of morpholine rings is 1. The lowest BCUT2D eigenvalue weighted by atomic mass is 9.99. The molecule has 3 atom stereocenters. The Bertz CT molecular complexity index is 515. The zero-order chi connectivity index (χ0) is 15.0. The van der Waals surface area contributed by atoms with Crippen LogP contribution < -0.4 is 0 Å². The Morgan fingerprint density at radius 2 is 2.05 bits per heavy atom. The molecule has 1 heterocycles. The van der Waals surface area contributed by atoms with Crippen LogP contribution in [0.25, 0.3) is 0 Å². The Morgan fingerprint density at radius 3 is 2.62 bits per heavy atom. The summed E-state index contributed by atoms with van der Waals surface area (Å²) in [5.41, 5.74) is 0.999. The summed E-state index contributed by atoms with van der Waals surface area (Å²) in [4.78, 5) is 14.4. The first-order valence-electron chi connectivity index (χ1n) is 7.42. The van der Waals surface area contributed by atoms with Gasteiger partial charge in [0.15, 0.2) is 0 Å². The molecular weight excluding hydrogens is 290 g/mol. The number of aliphatic hydroxyl groups is 1. The third kappa shape index (κ3) is 2.93. The topological polar surface area (TPSA) is 49.8 Å². The van der Waals surface area contributed by atoms with Crippen molar-refractivity contribution in [2.45, 2.75) is 38.0 Å². The minimum Gasteiger partial charge on any atom is -0.394 e. The van der Waals surface area contributed by atoms with Gasteiger partial charge in [0.05, 0.1) is 25.3 Å². The molecule has 5 heteroatoms. The van der Waals surface area contributed by atoms with Gasteiger partial charge in [-0.25, -0.2) is 0 Å². The molecule has 1 N–H and O–H groups in total. The van der Waals surface area contributed by atoms with Gasteiger partial charge in [0.2, 0.25) is 0 Å². The van der Waals surface area contributed by atoms with Crippen molar-refractivity contribution in [3.8, 4) is 0 Å². The molecule has 1 aliphatic heterocycles. The number of hydrogen-bond donors (Lipinski definition) is 1. The zero-order valence-corrected chi connectivity index (χ0v) is 12.8. The van der Waals surface area contributed by atoms with Gasteiger partial charge in [-0.3, -0.25) is 4.79 Å². The SMILES string of the molecule is CC1OC[C@@H](c2ccc(Cl)cc2)N(C(CO)C2CC2)C1=O. The second kappa shape index (κ2) is 5.95. The van der Waals surface area contributed by atoms with Crippen LogP contribution >= 0.6 is 11.6 Å². The summed E-state index contributed by atoms with van der Waals surface area (Å²) >= 11 is 5.94. The molecule has 1 amide bonds. The lowest BCUT2D eigenvalue weighted by molar-refractivity contribution is -0.164. The number of ether oxygens (including phenoxy) is 1. The molecular formula is C16H20ClNO3. The molecule has 1 aliphatic carbocycles. The largest absolute Gasteiger partial charge is 0.394 e. The molecule has 0 spiro atoms. The molecule has 4 nitrogen and oxygen atoms in total. The first kappa shape index (κ1) is 14.8. The molecule has 3 rings (SSSR count). The van der Waals surface area contributed by atoms with Gasteiger partial charge in [-0.05, 0) is 43.4 Å². The molecule has 2 fully saturated rings. The van der Waals surface area contributed by atoms with Gasteiger partial charge in [-0.2, -0.15) is 0 Å². The number of carbonyl (C=O) groups is 1. The predicted octanol–water partition coefficient (Wildman–Crippen LogP) is 2.40. The second-order valence-corrected chi connectivity index (χ2v) is 6.31. The van der Waals surface area contributed by atoms with E-state index in [1.165, 1.54) is 0 Å². The molecule has 1 saturated carbocycles. The van der Waals surface area contributed by atoms with Crippen molar-refractivity contribution in [3.63, 3.8) is 0 Å². The van der Waals surface area contributed by atoms with Gasteiger partial charge in [-0.15, -0.1) is 0 Å². The van der Waals surface area contributed by atoms with Crippen molar-refractivity contribution in [1.82, 2.24) is 4.90 Å². The van der Waals surface area contributed by atoms with Crippen LogP contribution in [0.3, 0.4) is 0 Å². The number of halogens is 1. The quantitative estimate of drug-likeness (QED) is 0.929. The Hall–Kier alpha value is -1.10. The van der Waals surface area contributed by atoms with Crippen LogP contribution in [0.15, 0.2) is 24.3 Å². The highest BCUT2D eigenvalue weighted by Gasteiger charge is 2.44. The standard InChI is InChI=1S/C16H20ClNO3/c1-10-16(20)18(14(8-19)11-2-3-11)15(9-21-10)12-4-6-13(17)7-5-12/h4-7,10-11,14-15,19H,2-3,8-9H2,1H3/t10?,14?,15-/m0/s1. The maximum absolute atomic E-state index is 12.6. The lowest BCUT2D eigenvalue weighted by Crippen LogP contribution is -2.54. The summed E-state index contributed by atoms with van der Waals surface area (Å²) in [7, 11) is 0. The lowest BCUT2D eigenvalue weighted by Gasteiger charge is -2.43. The minimum atomic E-state index is -0.443. The Morgan fingerprint density at radius 1 is 1.38 bits per heavy atom. The molecule has 21 heavy (non-hydrogen) atoms. The van der Waals surface area contributed by atoms with Gasteiger partial charge >= 0.3 is 0 Å². The van der Waals surface area contributed by atoms with E-state index >= 15 is 0 Å². The minimum absolute atomic E-state index is 0.00716. The molecule has 0 aromatic heterocycles. The van der Waals surface area contributed by atoms with Gasteiger partial charge in [0, 0.05) is 5.02 Å². The number of benzene rings is 1. The fraction of sp³-hybridized carbons (Fsp3) is 0.562. The molecule has 0 bridgehead atoms. The maximum Gasteiger partial charge on any atom is 0.252 e. The average molecular weight is 310 g/mol. The van der Waals surface area contributed by atoms with E-state index in [-0.39, 0.29) is 24.6 Å². The highest BCUT2D eigenvalue weighted by Crippen LogP contribution is 2.40. The van der Waals surface area contributed by atoms with Crippen molar-refractivity contribution in [3.05, 3.63) is 34.9 Å². The third-order valence-electron chi connectivity index (χ3n) is 4.41. The Kier molecular flexibility index (Phi) is 4.20. The van der Waals surface area contributed by atoms with E-state index in [0.717, 1.165) is 18.4 Å². The number of amides is 1. The number of nitrogens with zero attached hydrogens (tertiary/aromatic N) is 1. The van der Waals surface area contributed by atoms with Crippen molar-refractivity contribution in [1.29, 1.82) is 0 Å². The van der Waals surface area contributed by atoms with E-state index in [9.17, 15) is 9.90 Å². The highest BCUT2D eigenvalue weighted by atomic mass is 35.5. The zero-order valence-electron chi connectivity index (χ0n) is 12.0. The van der Waals surface area contributed by atoms with E-state index < -0.39 is 6.10 Å². The highest BCUT2D eigenvalue weighted by molar-refractivity contribution is 6.30. The summed E-state index contributed by atoms with van der Waals surface area (Å²) in [5, 5.41) is 10.4. The molecule has 2 unspecified atom stereocenters. The summed E-state index contributed by atoms with van der Waals surface area (Å²) in [5.74, 6) is 0.381. The van der Waals surface area contributed by atoms with E-state index in [4.69, 9.17) is 16.3 Å². The first-order chi connectivity index (χ1) is 10.1. The fourth-order valence-electron chi connectivity index (χ4n) is 3.03. The summed E-state index contributed by atoms with van der Waals surface area (Å²) in [6.45, 7) is 2.24. The molecule has 1 aromatic carbocycles. The Labute approximate surface area is 129 Å². The normalized spacial score (nSPS) is 27.8. The number of aliphatic hydroxyl groups excluding tert-OH is 1. The smallest absolute Gasteiger partial charge is 0.252 e. The summed E-state index contributed by atoms with van der Waals surface area (Å²) in [6, 6.07) is 7.24. The maximum atomic E-state index is 12.6. The van der Waals surface area contributed by atoms with Crippen molar-refractivity contribution in [2.75, 3.05) is 13.2 Å². The van der Waals surface area contributed by atoms with Crippen molar-refractivity contribution < 1.29 is 14.6 Å². The van der Waals surface area contributed by atoms with Crippen molar-refractivity contribution >= 4 is 17.5 Å². The summed E-state index contributed by atoms with van der Waals surface area (Å²) in [6.07, 6.45) is 1.72. The Balaban J connectivity index is 1.91. The van der Waals surface area contributed by atoms with E-state index in [2.05, 4.69) is 0 Å². The van der Waals surface area contributed by atoms with E-state index in [1.54, 1.807) is 6.92 Å². The predicted molar refractivity (Wildman–Crippen MR) is 80.1 cm³/mol. The van der Waals surface area contributed by atoms with Crippen molar-refractivity contribution in [2.24, 2.45) is 5.92 Å². The van der Waals surface area contributed by atoms with Crippen LogP contribution in [0.4, 0.5) is 0 Å². The number of carbonyl (C=O) groups excluding carboxylic acids is 1. The van der Waals surface area contributed by atoms with E-state index in [0.29, 0.717) is 17.5 Å². The van der Waals surface area contributed by atoms with Gasteiger partial charge in [0.25, 0.3) is 5.91 Å².